The van der Waals surface area contributed by atoms with Gasteiger partial charge in [-0.1, -0.05) is 6.92 Å². The summed E-state index contributed by atoms with van der Waals surface area (Å²) in [6, 6.07) is 0. The van der Waals surface area contributed by atoms with Gasteiger partial charge in [0.05, 0.1) is 19.3 Å². The number of ether oxygens (including phenoxy) is 2. The molecule has 0 amide bonds. The van der Waals surface area contributed by atoms with Crippen LogP contribution in [-0.4, -0.2) is 37.9 Å². The van der Waals surface area contributed by atoms with Crippen LogP contribution in [0, 0.1) is 0 Å². The molecule has 0 aliphatic rings. The molecule has 0 aliphatic carbocycles. The molecule has 0 saturated heterocycles. The van der Waals surface area contributed by atoms with Crippen molar-refractivity contribution >= 4 is 11.9 Å². The summed E-state index contributed by atoms with van der Waals surface area (Å²) < 4.78 is 10.1. The molecule has 0 rings (SSSR count). The van der Waals surface area contributed by atoms with Crippen molar-refractivity contribution in [3.63, 3.8) is 0 Å². The van der Waals surface area contributed by atoms with Gasteiger partial charge in [0.25, 0.3) is 0 Å². The highest BCUT2D eigenvalue weighted by Gasteiger charge is 2.06. The number of carbonyl (C=O) groups is 2. The maximum absolute atomic E-state index is 11.3. The molecule has 0 heterocycles. The fourth-order valence-electron chi connectivity index (χ4n) is 1.32. The normalized spacial score (nSPS) is 11.9. The minimum absolute atomic E-state index is 0.178. The lowest BCUT2D eigenvalue weighted by Crippen LogP contribution is -2.14. The molecular weight excluding hydrogens is 264 g/mol. The van der Waals surface area contributed by atoms with Crippen molar-refractivity contribution in [1.29, 1.82) is 0 Å². The molecule has 1 unspecified atom stereocenters. The van der Waals surface area contributed by atoms with Crippen LogP contribution in [0.3, 0.4) is 0 Å². The Hall–Kier alpha value is -1.14. The molecule has 0 spiro atoms. The van der Waals surface area contributed by atoms with E-state index in [2.05, 4.69) is 4.89 Å². The summed E-state index contributed by atoms with van der Waals surface area (Å²) in [7, 11) is 0. The first-order valence-electron chi connectivity index (χ1n) is 7.19. The van der Waals surface area contributed by atoms with Gasteiger partial charge in [-0.25, -0.2) is 4.79 Å². The second-order valence-corrected chi connectivity index (χ2v) is 4.38. The molecule has 6 nitrogen and oxygen atoms in total. The summed E-state index contributed by atoms with van der Waals surface area (Å²) in [4.78, 5) is 31.6. The van der Waals surface area contributed by atoms with E-state index in [4.69, 9.17) is 14.4 Å². The molecule has 118 valence electrons. The second kappa shape index (κ2) is 12.9. The first-order chi connectivity index (χ1) is 9.60. The minimum Gasteiger partial charge on any atom is -0.466 e. The molecule has 0 aromatic carbocycles. The van der Waals surface area contributed by atoms with Gasteiger partial charge in [-0.2, -0.15) is 4.89 Å². The van der Waals surface area contributed by atoms with E-state index >= 15 is 0 Å². The molecule has 6 heteroatoms. The summed E-state index contributed by atoms with van der Waals surface area (Å²) >= 11 is 0. The van der Waals surface area contributed by atoms with Gasteiger partial charge in [-0.15, -0.1) is 0 Å². The summed E-state index contributed by atoms with van der Waals surface area (Å²) in [6.45, 7) is 6.76. The number of unbranched alkanes of at least 4 members (excludes halogenated alkanes) is 1. The van der Waals surface area contributed by atoms with Crippen LogP contribution in [0.5, 0.6) is 0 Å². The van der Waals surface area contributed by atoms with Crippen molar-refractivity contribution in [2.24, 2.45) is 0 Å². The third-order valence-electron chi connectivity index (χ3n) is 2.61. The minimum atomic E-state index is -0.433. The van der Waals surface area contributed by atoms with E-state index in [0.29, 0.717) is 32.5 Å². The lowest BCUT2D eigenvalue weighted by Gasteiger charge is -2.09. The Morgan fingerprint density at radius 1 is 1.00 bits per heavy atom. The van der Waals surface area contributed by atoms with Gasteiger partial charge >= 0.3 is 11.9 Å². The van der Waals surface area contributed by atoms with Crippen molar-refractivity contribution in [3.8, 4) is 0 Å². The van der Waals surface area contributed by atoms with Crippen LogP contribution < -0.4 is 0 Å². The average Bonchev–Trinajstić information content (AvgIpc) is 2.43. The highest BCUT2D eigenvalue weighted by molar-refractivity contribution is 5.70. The van der Waals surface area contributed by atoms with Crippen molar-refractivity contribution < 1.29 is 28.8 Å². The van der Waals surface area contributed by atoms with Crippen LogP contribution in [0.15, 0.2) is 0 Å². The molecular formula is C14H26O6. The fourth-order valence-corrected chi connectivity index (χ4v) is 1.32. The third-order valence-corrected chi connectivity index (χ3v) is 2.61. The van der Waals surface area contributed by atoms with Crippen LogP contribution in [0.1, 0.15) is 52.9 Å². The first kappa shape index (κ1) is 18.9. The number of esters is 1. The van der Waals surface area contributed by atoms with Crippen molar-refractivity contribution in [2.45, 2.75) is 59.0 Å². The first-order valence-corrected chi connectivity index (χ1v) is 7.19. The highest BCUT2D eigenvalue weighted by Crippen LogP contribution is 2.03. The SMILES string of the molecule is CCOC(=O)CCCCC(=O)OOCCOC(C)CC. The highest BCUT2D eigenvalue weighted by atomic mass is 17.2. The average molecular weight is 290 g/mol. The zero-order valence-electron chi connectivity index (χ0n) is 12.7. The molecule has 0 N–H and O–H groups in total. The zero-order valence-corrected chi connectivity index (χ0v) is 12.7. The van der Waals surface area contributed by atoms with E-state index in [-0.39, 0.29) is 25.1 Å². The molecule has 0 aromatic heterocycles. The van der Waals surface area contributed by atoms with Gasteiger partial charge in [0.1, 0.15) is 6.61 Å². The van der Waals surface area contributed by atoms with E-state index in [1.54, 1.807) is 6.92 Å². The maximum atomic E-state index is 11.3. The number of carbonyl (C=O) groups excluding carboxylic acids is 2. The Bertz CT molecular complexity index is 266. The summed E-state index contributed by atoms with van der Waals surface area (Å²) in [6.07, 6.45) is 2.84. The Morgan fingerprint density at radius 3 is 2.25 bits per heavy atom. The van der Waals surface area contributed by atoms with Crippen molar-refractivity contribution in [3.05, 3.63) is 0 Å². The summed E-state index contributed by atoms with van der Waals surface area (Å²) in [5, 5.41) is 0. The predicted octanol–water partition coefficient (Wildman–Crippen LogP) is 2.40. The molecule has 0 radical (unpaired) electrons. The van der Waals surface area contributed by atoms with E-state index in [0.717, 1.165) is 6.42 Å². The molecule has 1 atom stereocenters. The van der Waals surface area contributed by atoms with Crippen molar-refractivity contribution in [1.82, 2.24) is 0 Å². The van der Waals surface area contributed by atoms with Crippen LogP contribution in [0.25, 0.3) is 0 Å². The number of hydrogen-bond acceptors (Lipinski definition) is 6. The molecule has 0 aromatic rings. The molecule has 0 bridgehead atoms. The van der Waals surface area contributed by atoms with Gasteiger partial charge in [0.15, 0.2) is 0 Å². The predicted molar refractivity (Wildman–Crippen MR) is 72.9 cm³/mol. The third kappa shape index (κ3) is 11.9. The molecule has 0 saturated carbocycles. The van der Waals surface area contributed by atoms with Gasteiger partial charge in [0.2, 0.25) is 0 Å². The molecule has 20 heavy (non-hydrogen) atoms. The van der Waals surface area contributed by atoms with Crippen LogP contribution in [-0.2, 0) is 28.8 Å². The number of hydrogen-bond donors (Lipinski definition) is 0. The largest absolute Gasteiger partial charge is 0.466 e. The van der Waals surface area contributed by atoms with Gasteiger partial charge < -0.3 is 9.47 Å². The van der Waals surface area contributed by atoms with E-state index < -0.39 is 5.97 Å². The second-order valence-electron chi connectivity index (χ2n) is 4.38. The molecule has 0 fully saturated rings. The standard InChI is InChI=1S/C14H26O6/c1-4-12(3)18-10-11-19-20-14(16)9-7-6-8-13(15)17-5-2/h12H,4-11H2,1-3H3. The Kier molecular flexibility index (Phi) is 12.1. The zero-order chi connectivity index (χ0) is 15.2. The molecule has 0 aliphatic heterocycles. The lowest BCUT2D eigenvalue weighted by atomic mass is 10.2. The van der Waals surface area contributed by atoms with E-state index in [9.17, 15) is 9.59 Å². The Balaban J connectivity index is 3.35. The fraction of sp³-hybridized carbons (Fsp3) is 0.857. The van der Waals surface area contributed by atoms with Gasteiger partial charge in [0, 0.05) is 12.8 Å². The van der Waals surface area contributed by atoms with Crippen LogP contribution in [0.4, 0.5) is 0 Å². The Morgan fingerprint density at radius 2 is 1.65 bits per heavy atom. The summed E-state index contributed by atoms with van der Waals surface area (Å²) in [5.41, 5.74) is 0. The quantitative estimate of drug-likeness (QED) is 0.238. The Labute approximate surface area is 120 Å². The van der Waals surface area contributed by atoms with Crippen LogP contribution in [0.2, 0.25) is 0 Å². The summed E-state index contributed by atoms with van der Waals surface area (Å²) in [5.74, 6) is -0.670. The van der Waals surface area contributed by atoms with Crippen molar-refractivity contribution in [2.75, 3.05) is 19.8 Å². The topological polar surface area (TPSA) is 71.1 Å². The lowest BCUT2D eigenvalue weighted by molar-refractivity contribution is -0.277. The smallest absolute Gasteiger partial charge is 0.342 e. The maximum Gasteiger partial charge on any atom is 0.342 e. The van der Waals surface area contributed by atoms with Gasteiger partial charge in [-0.05, 0) is 33.1 Å². The monoisotopic (exact) mass is 290 g/mol. The van der Waals surface area contributed by atoms with Gasteiger partial charge in [-0.3, -0.25) is 9.68 Å². The van der Waals surface area contributed by atoms with E-state index in [1.807, 2.05) is 13.8 Å². The number of rotatable bonds is 12. The van der Waals surface area contributed by atoms with Crippen LogP contribution >= 0.6 is 0 Å². The van der Waals surface area contributed by atoms with E-state index in [1.165, 1.54) is 0 Å².